The summed E-state index contributed by atoms with van der Waals surface area (Å²) >= 11 is 0. The maximum absolute atomic E-state index is 9.92. The smallest absolute Gasteiger partial charge is 0.461 e. The van der Waals surface area contributed by atoms with Crippen molar-refractivity contribution in [2.45, 2.75) is 0 Å². The topological polar surface area (TPSA) is 104 Å². The Kier molecular flexibility index (Phi) is 0.881. The third-order valence-electron chi connectivity index (χ3n) is 0.527. The summed E-state index contributed by atoms with van der Waals surface area (Å²) in [5.41, 5.74) is 6.34. The molecule has 42 valence electrons. The minimum absolute atomic E-state index is 0.208. The molecule has 0 aliphatic carbocycles. The van der Waals surface area contributed by atoms with Crippen LogP contribution in [0.15, 0.2) is 0 Å². The summed E-state index contributed by atoms with van der Waals surface area (Å²) in [7, 11) is 0. The van der Waals surface area contributed by atoms with Crippen molar-refractivity contribution in [3.05, 3.63) is 5.21 Å². The van der Waals surface area contributed by atoms with Gasteiger partial charge in [-0.3, -0.25) is 0 Å². The summed E-state index contributed by atoms with van der Waals surface area (Å²) in [5.74, 6) is -0.218. The van der Waals surface area contributed by atoms with E-state index in [-0.39, 0.29) is 10.8 Å². The predicted octanol–water partition coefficient (Wildman–Crippen LogP) is -0.628. The average molecular weight is 114 g/mol. The molecule has 2 N–H and O–H groups in total. The summed E-state index contributed by atoms with van der Waals surface area (Å²) < 4.78 is 0. The molecule has 0 amide bonds. The number of H-pyrrole nitrogens is 1. The molecule has 8 heavy (non-hydrogen) atoms. The molecule has 1 aromatic rings. The maximum atomic E-state index is 9.92. The Bertz CT molecular complexity index is 176. The van der Waals surface area contributed by atoms with Crippen LogP contribution in [0.3, 0.4) is 0 Å². The third kappa shape index (κ3) is 0.600. The Morgan fingerprint density at radius 2 is 2.50 bits per heavy atom. The number of nitrogens with zero attached hydrogens (tertiary/aromatic N) is 4. The van der Waals surface area contributed by atoms with Crippen LogP contribution >= 0.6 is 0 Å². The Labute approximate surface area is 43.4 Å². The minimum Gasteiger partial charge on any atom is -0.722 e. The molecule has 1 rings (SSSR count). The zero-order chi connectivity index (χ0) is 5.98. The Hall–Kier alpha value is -1.53. The van der Waals surface area contributed by atoms with Gasteiger partial charge < -0.3 is 5.21 Å². The molecule has 0 saturated carbocycles. The van der Waals surface area contributed by atoms with Gasteiger partial charge in [-0.25, -0.2) is 0 Å². The molecule has 0 bridgehead atoms. The lowest BCUT2D eigenvalue weighted by Crippen LogP contribution is -1.88. The highest BCUT2D eigenvalue weighted by Gasteiger charge is 2.02. The lowest BCUT2D eigenvalue weighted by atomic mass is 11.1. The monoisotopic (exact) mass is 114 g/mol. The van der Waals surface area contributed by atoms with Crippen LogP contribution in [0.2, 0.25) is 0 Å². The molecule has 0 unspecified atom stereocenters. The Morgan fingerprint density at radius 3 is 2.75 bits per heavy atom. The molecule has 0 aromatic carbocycles. The number of aromatic nitrogens is 4. The van der Waals surface area contributed by atoms with Gasteiger partial charge >= 0.3 is 5.95 Å². The van der Waals surface area contributed by atoms with E-state index in [0.717, 1.165) is 0 Å². The number of hydrogen-bond acceptors (Lipinski definition) is 5. The lowest BCUT2D eigenvalue weighted by Gasteiger charge is -1.91. The number of hydrogen-bond donors (Lipinski definition) is 2. The first-order valence-electron chi connectivity index (χ1n) is 1.73. The average Bonchev–Trinajstić information content (AvgIpc) is 2.12. The van der Waals surface area contributed by atoms with Gasteiger partial charge in [-0.15, -0.1) is 5.10 Å². The fraction of sp³-hybridized carbons (Fsp3) is 0. The van der Waals surface area contributed by atoms with Crippen LogP contribution in [0, 0.1) is 10.7 Å². The molecular formula is CH2N6O. The van der Waals surface area contributed by atoms with Gasteiger partial charge in [0.25, 0.3) is 0 Å². The van der Waals surface area contributed by atoms with Crippen LogP contribution in [0.25, 0.3) is 0 Å². The van der Waals surface area contributed by atoms with Crippen molar-refractivity contribution >= 4 is 5.95 Å². The van der Waals surface area contributed by atoms with E-state index in [1.807, 2.05) is 0 Å². The molecule has 1 aromatic heterocycles. The molecule has 0 radical (unpaired) electrons. The second-order valence-corrected chi connectivity index (χ2v) is 1.02. The molecule has 0 aliphatic heterocycles. The highest BCUT2D eigenvalue weighted by Crippen LogP contribution is 1.91. The van der Waals surface area contributed by atoms with Gasteiger partial charge in [0, 0.05) is 5.21 Å². The second-order valence-electron chi connectivity index (χ2n) is 1.02. The van der Waals surface area contributed by atoms with Crippen molar-refractivity contribution in [1.29, 1.82) is 5.53 Å². The molecule has 7 nitrogen and oxygen atoms in total. The quantitative estimate of drug-likeness (QED) is 0.288. The van der Waals surface area contributed by atoms with E-state index in [0.29, 0.717) is 0 Å². The van der Waals surface area contributed by atoms with Crippen molar-refractivity contribution in [2.75, 3.05) is 0 Å². The fourth-order valence-electron chi connectivity index (χ4n) is 0.240. The van der Waals surface area contributed by atoms with Crippen LogP contribution in [0.4, 0.5) is 5.95 Å². The first-order valence-corrected chi connectivity index (χ1v) is 1.73. The van der Waals surface area contributed by atoms with Crippen molar-refractivity contribution < 1.29 is 4.86 Å². The largest absolute Gasteiger partial charge is 0.722 e. The van der Waals surface area contributed by atoms with Gasteiger partial charge in [0.05, 0.1) is 10.3 Å². The maximum Gasteiger partial charge on any atom is 0.461 e. The van der Waals surface area contributed by atoms with Gasteiger partial charge in [-0.2, -0.15) is 10.4 Å². The highest BCUT2D eigenvalue weighted by molar-refractivity contribution is 4.90. The first-order chi connectivity index (χ1) is 3.80. The van der Waals surface area contributed by atoms with Crippen LogP contribution in [-0.4, -0.2) is 25.5 Å². The summed E-state index contributed by atoms with van der Waals surface area (Å²) in [6, 6.07) is 0. The third-order valence-corrected chi connectivity index (χ3v) is 0.527. The summed E-state index contributed by atoms with van der Waals surface area (Å²) in [6.45, 7) is 0. The summed E-state index contributed by atoms with van der Waals surface area (Å²) in [4.78, 5) is -0.208. The van der Waals surface area contributed by atoms with E-state index in [1.165, 1.54) is 0 Å². The van der Waals surface area contributed by atoms with E-state index < -0.39 is 0 Å². The molecule has 0 spiro atoms. The normalized spacial score (nSPS) is 9.00. The van der Waals surface area contributed by atoms with E-state index in [4.69, 9.17) is 5.53 Å². The number of tetrazole rings is 1. The Balaban J connectivity index is 2.93. The van der Waals surface area contributed by atoms with Crippen molar-refractivity contribution in [2.24, 2.45) is 0 Å². The Morgan fingerprint density at radius 1 is 1.75 bits per heavy atom. The van der Waals surface area contributed by atoms with Crippen molar-refractivity contribution in [3.8, 4) is 0 Å². The van der Waals surface area contributed by atoms with Crippen LogP contribution in [0.5, 0.6) is 0 Å². The predicted molar refractivity (Wildman–Crippen MR) is 20.2 cm³/mol. The van der Waals surface area contributed by atoms with E-state index in [9.17, 15) is 5.21 Å². The molecule has 7 heteroatoms. The summed E-state index contributed by atoms with van der Waals surface area (Å²) in [5, 5.41) is 21.3. The lowest BCUT2D eigenvalue weighted by molar-refractivity contribution is -0.473. The number of rotatable bonds is 1. The summed E-state index contributed by atoms with van der Waals surface area (Å²) in [6.07, 6.45) is 0. The van der Waals surface area contributed by atoms with E-state index in [1.54, 1.807) is 0 Å². The van der Waals surface area contributed by atoms with Crippen molar-refractivity contribution in [3.63, 3.8) is 0 Å². The van der Waals surface area contributed by atoms with Gasteiger partial charge in [0.2, 0.25) is 0 Å². The number of nitrogens with one attached hydrogen (secondary N) is 2. The first kappa shape index (κ1) is 4.62. The van der Waals surface area contributed by atoms with Gasteiger partial charge in [-0.05, 0) is 0 Å². The second kappa shape index (κ2) is 1.52. The molecular weight excluding hydrogens is 112 g/mol. The molecule has 0 saturated heterocycles. The van der Waals surface area contributed by atoms with Gasteiger partial charge in [0.1, 0.15) is 0 Å². The molecule has 0 fully saturated rings. The van der Waals surface area contributed by atoms with Gasteiger partial charge in [0.15, 0.2) is 0 Å². The fourth-order valence-corrected chi connectivity index (χ4v) is 0.240. The van der Waals surface area contributed by atoms with E-state index >= 15 is 0 Å². The molecule has 0 atom stereocenters. The van der Waals surface area contributed by atoms with Crippen LogP contribution < -0.4 is 0 Å². The zero-order valence-corrected chi connectivity index (χ0v) is 3.70. The molecule has 1 heterocycles. The van der Waals surface area contributed by atoms with Crippen LogP contribution in [0.1, 0.15) is 0 Å². The zero-order valence-electron chi connectivity index (χ0n) is 3.70. The minimum atomic E-state index is -0.218. The SMILES string of the molecule is N=[N+]([O-])c1nnn[nH]1. The highest BCUT2D eigenvalue weighted by atomic mass is 16.5. The van der Waals surface area contributed by atoms with Gasteiger partial charge in [-0.1, -0.05) is 0 Å². The van der Waals surface area contributed by atoms with Crippen molar-refractivity contribution in [1.82, 2.24) is 20.6 Å². The number of aromatic amines is 1. The van der Waals surface area contributed by atoms with Crippen LogP contribution in [-0.2, 0) is 0 Å². The molecule has 0 aliphatic rings. The standard InChI is InChI=1S/CH2N6O/c2-7(8)1-3-5-6-4-1/h2H,(H,3,4,5,6). The van der Waals surface area contributed by atoms with E-state index in [2.05, 4.69) is 20.6 Å².